The van der Waals surface area contributed by atoms with Crippen molar-refractivity contribution < 1.29 is 24.5 Å². The van der Waals surface area contributed by atoms with Gasteiger partial charge in [0.15, 0.2) is 0 Å². The quantitative estimate of drug-likeness (QED) is 0.809. The molecule has 0 fully saturated rings. The smallest absolute Gasteiger partial charge is 0.312 e. The van der Waals surface area contributed by atoms with Gasteiger partial charge in [0.2, 0.25) is 0 Å². The van der Waals surface area contributed by atoms with E-state index in [0.717, 1.165) is 0 Å². The highest BCUT2D eigenvalue weighted by atomic mass is 16.5. The van der Waals surface area contributed by atoms with Crippen molar-refractivity contribution in [1.29, 1.82) is 0 Å². The third kappa shape index (κ3) is 2.26. The first-order valence-electron chi connectivity index (χ1n) is 6.38. The third-order valence-corrected chi connectivity index (χ3v) is 3.44. The Morgan fingerprint density at radius 2 is 2.26 bits per heavy atom. The molecule has 1 aromatic rings. The molecule has 0 aliphatic carbocycles. The van der Waals surface area contributed by atoms with E-state index >= 15 is 0 Å². The summed E-state index contributed by atoms with van der Waals surface area (Å²) in [6, 6.07) is 4.49. The van der Waals surface area contributed by atoms with Crippen LogP contribution in [0.15, 0.2) is 18.2 Å². The summed E-state index contributed by atoms with van der Waals surface area (Å²) < 4.78 is 10.4. The maximum absolute atomic E-state index is 12.0. The lowest BCUT2D eigenvalue weighted by Gasteiger charge is -2.29. The maximum Gasteiger partial charge on any atom is 0.312 e. The van der Waals surface area contributed by atoms with Gasteiger partial charge >= 0.3 is 5.97 Å². The summed E-state index contributed by atoms with van der Waals surface area (Å²) in [5.74, 6) is -0.646. The van der Waals surface area contributed by atoms with Crippen LogP contribution in [0.25, 0.3) is 0 Å². The second kappa shape index (κ2) is 5.09. The van der Waals surface area contributed by atoms with Gasteiger partial charge in [-0.1, -0.05) is 6.92 Å². The zero-order valence-corrected chi connectivity index (χ0v) is 11.0. The number of phenols is 1. The van der Waals surface area contributed by atoms with Crippen LogP contribution in [0.3, 0.4) is 0 Å². The lowest BCUT2D eigenvalue weighted by molar-refractivity contribution is -0.160. The van der Waals surface area contributed by atoms with Gasteiger partial charge in [-0.2, -0.15) is 0 Å². The van der Waals surface area contributed by atoms with Crippen molar-refractivity contribution >= 4 is 5.97 Å². The monoisotopic (exact) mass is 266 g/mol. The molecule has 2 N–H and O–H groups in total. The van der Waals surface area contributed by atoms with Gasteiger partial charge in [0.1, 0.15) is 23.7 Å². The van der Waals surface area contributed by atoms with Crippen LogP contribution in [-0.2, 0) is 15.1 Å². The fourth-order valence-electron chi connectivity index (χ4n) is 2.48. The largest absolute Gasteiger partial charge is 0.508 e. The van der Waals surface area contributed by atoms with Gasteiger partial charge in [-0.15, -0.1) is 0 Å². The molecule has 5 nitrogen and oxygen atoms in total. The first kappa shape index (κ1) is 13.7. The minimum atomic E-state index is -1.40. The molecule has 2 rings (SSSR count). The van der Waals surface area contributed by atoms with E-state index in [-0.39, 0.29) is 19.0 Å². The second-order valence-electron chi connectivity index (χ2n) is 4.61. The molecule has 0 bridgehead atoms. The Morgan fingerprint density at radius 1 is 1.53 bits per heavy atom. The molecule has 1 aliphatic heterocycles. The molecule has 5 heteroatoms. The van der Waals surface area contributed by atoms with Crippen LogP contribution < -0.4 is 4.74 Å². The lowest BCUT2D eigenvalue weighted by atomic mass is 9.81. The normalized spacial score (nSPS) is 22.5. The summed E-state index contributed by atoms with van der Waals surface area (Å²) in [5.41, 5.74) is -0.880. The Balaban J connectivity index is 2.36. The number of hydrogen-bond donors (Lipinski definition) is 2. The first-order chi connectivity index (χ1) is 9.02. The molecule has 0 saturated carbocycles. The number of aliphatic hydroxyl groups is 1. The SMILES string of the molecule is CCOC(=O)C(CC)C1(O)COc2cc(O)ccc21. The Labute approximate surface area is 111 Å². The molecule has 0 amide bonds. The van der Waals surface area contributed by atoms with E-state index in [0.29, 0.717) is 17.7 Å². The van der Waals surface area contributed by atoms with Crippen LogP contribution >= 0.6 is 0 Å². The average Bonchev–Trinajstić information content (AvgIpc) is 2.68. The minimum absolute atomic E-state index is 0.0108. The van der Waals surface area contributed by atoms with Crippen molar-refractivity contribution in [2.45, 2.75) is 25.9 Å². The van der Waals surface area contributed by atoms with E-state index in [1.165, 1.54) is 12.1 Å². The van der Waals surface area contributed by atoms with Crippen molar-refractivity contribution in [3.8, 4) is 11.5 Å². The minimum Gasteiger partial charge on any atom is -0.508 e. The van der Waals surface area contributed by atoms with Crippen molar-refractivity contribution in [3.05, 3.63) is 23.8 Å². The van der Waals surface area contributed by atoms with Crippen LogP contribution in [-0.4, -0.2) is 29.4 Å². The van der Waals surface area contributed by atoms with E-state index in [1.54, 1.807) is 13.0 Å². The van der Waals surface area contributed by atoms with Gasteiger partial charge in [-0.05, 0) is 25.5 Å². The van der Waals surface area contributed by atoms with Gasteiger partial charge in [0.25, 0.3) is 0 Å². The molecule has 2 atom stereocenters. The van der Waals surface area contributed by atoms with Gasteiger partial charge in [0.05, 0.1) is 12.5 Å². The summed E-state index contributed by atoms with van der Waals surface area (Å²) in [7, 11) is 0. The molecule has 1 aliphatic rings. The number of ether oxygens (including phenoxy) is 2. The number of esters is 1. The standard InChI is InChI=1S/C14H18O5/c1-3-10(13(16)18-4-2)14(17)8-19-12-7-9(15)5-6-11(12)14/h5-7,10,15,17H,3-4,8H2,1-2H3. The molecule has 19 heavy (non-hydrogen) atoms. The molecule has 0 spiro atoms. The van der Waals surface area contributed by atoms with E-state index < -0.39 is 17.5 Å². The molecule has 1 aromatic carbocycles. The molecule has 0 aromatic heterocycles. The summed E-state index contributed by atoms with van der Waals surface area (Å²) in [6.07, 6.45) is 0.443. The summed E-state index contributed by atoms with van der Waals surface area (Å²) in [5, 5.41) is 20.2. The molecule has 104 valence electrons. The number of carbonyl (C=O) groups excluding carboxylic acids is 1. The van der Waals surface area contributed by atoms with Crippen LogP contribution in [0.2, 0.25) is 0 Å². The number of aromatic hydroxyl groups is 1. The topological polar surface area (TPSA) is 76.0 Å². The highest BCUT2D eigenvalue weighted by molar-refractivity contribution is 5.75. The molecular weight excluding hydrogens is 248 g/mol. The van der Waals surface area contributed by atoms with Gasteiger partial charge in [-0.25, -0.2) is 0 Å². The van der Waals surface area contributed by atoms with Crippen molar-refractivity contribution in [2.75, 3.05) is 13.2 Å². The van der Waals surface area contributed by atoms with Crippen molar-refractivity contribution in [3.63, 3.8) is 0 Å². The molecule has 0 radical (unpaired) electrons. The Hall–Kier alpha value is -1.75. The van der Waals surface area contributed by atoms with Gasteiger partial charge in [-0.3, -0.25) is 4.79 Å². The first-order valence-corrected chi connectivity index (χ1v) is 6.38. The van der Waals surface area contributed by atoms with Crippen LogP contribution in [0.1, 0.15) is 25.8 Å². The van der Waals surface area contributed by atoms with Crippen molar-refractivity contribution in [2.24, 2.45) is 5.92 Å². The second-order valence-corrected chi connectivity index (χ2v) is 4.61. The fourth-order valence-corrected chi connectivity index (χ4v) is 2.48. The predicted molar refractivity (Wildman–Crippen MR) is 67.9 cm³/mol. The zero-order valence-electron chi connectivity index (χ0n) is 11.0. The number of hydrogen-bond acceptors (Lipinski definition) is 5. The molecular formula is C14H18O5. The highest BCUT2D eigenvalue weighted by Gasteiger charge is 2.48. The number of phenolic OH excluding ortho intramolecular Hbond substituents is 1. The molecule has 1 heterocycles. The molecule has 2 unspecified atom stereocenters. The Morgan fingerprint density at radius 3 is 2.89 bits per heavy atom. The van der Waals surface area contributed by atoms with Gasteiger partial charge < -0.3 is 19.7 Å². The number of fused-ring (bicyclic) bond motifs is 1. The van der Waals surface area contributed by atoms with Gasteiger partial charge in [0, 0.05) is 11.6 Å². The Bertz CT molecular complexity index is 485. The summed E-state index contributed by atoms with van der Waals surface area (Å²) in [4.78, 5) is 12.0. The number of benzene rings is 1. The summed E-state index contributed by atoms with van der Waals surface area (Å²) >= 11 is 0. The highest BCUT2D eigenvalue weighted by Crippen LogP contribution is 2.44. The van der Waals surface area contributed by atoms with Crippen LogP contribution in [0, 0.1) is 5.92 Å². The number of rotatable bonds is 4. The third-order valence-electron chi connectivity index (χ3n) is 3.44. The zero-order chi connectivity index (χ0) is 14.0. The fraction of sp³-hybridized carbons (Fsp3) is 0.500. The summed E-state index contributed by atoms with van der Waals surface area (Å²) in [6.45, 7) is 3.81. The van der Waals surface area contributed by atoms with E-state index in [2.05, 4.69) is 0 Å². The van der Waals surface area contributed by atoms with E-state index in [4.69, 9.17) is 9.47 Å². The molecule has 0 saturated heterocycles. The van der Waals surface area contributed by atoms with Crippen LogP contribution in [0.4, 0.5) is 0 Å². The predicted octanol–water partition coefficient (Wildman–Crippen LogP) is 1.56. The van der Waals surface area contributed by atoms with E-state index in [9.17, 15) is 15.0 Å². The van der Waals surface area contributed by atoms with Crippen molar-refractivity contribution in [1.82, 2.24) is 0 Å². The van der Waals surface area contributed by atoms with E-state index in [1.807, 2.05) is 6.92 Å². The maximum atomic E-state index is 12.0. The number of carbonyl (C=O) groups is 1. The lowest BCUT2D eigenvalue weighted by Crippen LogP contribution is -2.41. The average molecular weight is 266 g/mol. The van der Waals surface area contributed by atoms with Crippen LogP contribution in [0.5, 0.6) is 11.5 Å². The Kier molecular flexibility index (Phi) is 3.66.